The number of nitrogens with zero attached hydrogens (tertiary/aromatic N) is 3. The van der Waals surface area contributed by atoms with Crippen molar-refractivity contribution in [2.45, 2.75) is 56.1 Å². The molecule has 1 aliphatic carbocycles. The van der Waals surface area contributed by atoms with Crippen LogP contribution in [0.25, 0.3) is 11.0 Å². The molecule has 0 saturated heterocycles. The number of nitrogens with one attached hydrogen (secondary N) is 1. The molecule has 1 saturated carbocycles. The largest absolute Gasteiger partial charge is 0.349 e. The first-order valence-electron chi connectivity index (χ1n) is 11.5. The zero-order valence-corrected chi connectivity index (χ0v) is 19.6. The second-order valence-corrected chi connectivity index (χ2v) is 9.72. The van der Waals surface area contributed by atoms with E-state index >= 15 is 0 Å². The predicted octanol–water partition coefficient (Wildman–Crippen LogP) is 5.75. The Morgan fingerprint density at radius 1 is 1.09 bits per heavy atom. The summed E-state index contributed by atoms with van der Waals surface area (Å²) in [6.07, 6.45) is 8.27. The lowest BCUT2D eigenvalue weighted by Gasteiger charge is -2.13. The molecule has 0 bridgehead atoms. The molecule has 0 radical (unpaired) electrons. The molecule has 6 heteroatoms. The summed E-state index contributed by atoms with van der Waals surface area (Å²) in [7, 11) is 0. The van der Waals surface area contributed by atoms with Crippen LogP contribution in [0, 0.1) is 6.92 Å². The van der Waals surface area contributed by atoms with Gasteiger partial charge in [0.25, 0.3) is 5.91 Å². The van der Waals surface area contributed by atoms with Crippen molar-refractivity contribution >= 4 is 28.7 Å². The lowest BCUT2D eigenvalue weighted by atomic mass is 10.1. The summed E-state index contributed by atoms with van der Waals surface area (Å²) in [5.74, 6) is 0.888. The number of rotatable bonds is 7. The fraction of sp³-hybridized carbons (Fsp3) is 0.296. The molecule has 0 unspecified atom stereocenters. The number of aryl methyl sites for hydroxylation is 1. The summed E-state index contributed by atoms with van der Waals surface area (Å²) in [5.41, 5.74) is 6.37. The van der Waals surface area contributed by atoms with E-state index in [2.05, 4.69) is 46.1 Å². The molecule has 2 aromatic carbocycles. The Morgan fingerprint density at radius 2 is 1.91 bits per heavy atom. The van der Waals surface area contributed by atoms with Gasteiger partial charge < -0.3 is 9.88 Å². The van der Waals surface area contributed by atoms with Gasteiger partial charge in [-0.05, 0) is 49.1 Å². The lowest BCUT2D eigenvalue weighted by Crippen LogP contribution is -2.32. The molecule has 1 fully saturated rings. The smallest absolute Gasteiger partial charge is 0.251 e. The zero-order chi connectivity index (χ0) is 22.6. The van der Waals surface area contributed by atoms with Crippen LogP contribution in [0.3, 0.4) is 0 Å². The van der Waals surface area contributed by atoms with E-state index in [-0.39, 0.29) is 5.91 Å². The Bertz CT molecular complexity index is 1260. The number of carbonyl (C=O) groups is 1. The van der Waals surface area contributed by atoms with Gasteiger partial charge >= 0.3 is 0 Å². The number of hydrogen-bond donors (Lipinski definition) is 1. The minimum absolute atomic E-state index is 0.0279. The lowest BCUT2D eigenvalue weighted by molar-refractivity contribution is 0.0938. The van der Waals surface area contributed by atoms with Gasteiger partial charge in [0.2, 0.25) is 0 Å². The second kappa shape index (κ2) is 9.79. The molecular weight excluding hydrogens is 428 g/mol. The summed E-state index contributed by atoms with van der Waals surface area (Å²) in [6.45, 7) is 2.80. The van der Waals surface area contributed by atoms with E-state index in [0.29, 0.717) is 12.6 Å². The second-order valence-electron chi connectivity index (χ2n) is 8.77. The quantitative estimate of drug-likeness (QED) is 0.360. The van der Waals surface area contributed by atoms with Crippen molar-refractivity contribution in [1.82, 2.24) is 19.9 Å². The average Bonchev–Trinajstić information content (AvgIpc) is 3.46. The highest BCUT2D eigenvalue weighted by Crippen LogP contribution is 2.28. The van der Waals surface area contributed by atoms with E-state index in [1.165, 1.54) is 24.0 Å². The number of fused-ring (bicyclic) bond motifs is 1. The Hall–Kier alpha value is -3.12. The molecule has 2 aromatic heterocycles. The Balaban J connectivity index is 1.34. The summed E-state index contributed by atoms with van der Waals surface area (Å²) < 4.78 is 2.22. The normalized spacial score (nSPS) is 14.1. The van der Waals surface area contributed by atoms with Crippen molar-refractivity contribution in [1.29, 1.82) is 0 Å². The van der Waals surface area contributed by atoms with Crippen LogP contribution in [0.5, 0.6) is 0 Å². The van der Waals surface area contributed by atoms with Crippen LogP contribution in [0.15, 0.2) is 72.1 Å². The SMILES string of the molecule is Cc1cccc(CSc2nc3ccncc3n2Cc2ccc(C(=O)NC3CCCC3)cc2)c1. The van der Waals surface area contributed by atoms with Crippen LogP contribution in [-0.2, 0) is 12.3 Å². The van der Waals surface area contributed by atoms with Gasteiger partial charge in [0, 0.05) is 23.6 Å². The van der Waals surface area contributed by atoms with Gasteiger partial charge in [-0.15, -0.1) is 0 Å². The molecule has 5 rings (SSSR count). The van der Waals surface area contributed by atoms with Crippen molar-refractivity contribution in [2.75, 3.05) is 0 Å². The third-order valence-corrected chi connectivity index (χ3v) is 7.26. The topological polar surface area (TPSA) is 59.8 Å². The van der Waals surface area contributed by atoms with Crippen molar-refractivity contribution in [3.63, 3.8) is 0 Å². The van der Waals surface area contributed by atoms with Crippen molar-refractivity contribution in [2.24, 2.45) is 0 Å². The summed E-state index contributed by atoms with van der Waals surface area (Å²) in [5, 5.41) is 4.14. The van der Waals surface area contributed by atoms with Gasteiger partial charge in [-0.1, -0.05) is 66.6 Å². The van der Waals surface area contributed by atoms with Crippen LogP contribution < -0.4 is 5.32 Å². The molecular formula is C27H28N4OS. The Morgan fingerprint density at radius 3 is 2.70 bits per heavy atom. The third-order valence-electron chi connectivity index (χ3n) is 6.21. The molecule has 0 spiro atoms. The van der Waals surface area contributed by atoms with E-state index in [1.807, 2.05) is 36.5 Å². The van der Waals surface area contributed by atoms with Gasteiger partial charge in [0.1, 0.15) is 0 Å². The maximum atomic E-state index is 12.6. The number of benzene rings is 2. The number of carbonyl (C=O) groups excluding carboxylic acids is 1. The van der Waals surface area contributed by atoms with Gasteiger partial charge in [-0.2, -0.15) is 0 Å². The highest BCUT2D eigenvalue weighted by Gasteiger charge is 2.18. The van der Waals surface area contributed by atoms with Crippen molar-refractivity contribution in [3.05, 3.63) is 89.2 Å². The highest BCUT2D eigenvalue weighted by molar-refractivity contribution is 7.98. The molecule has 0 atom stereocenters. The fourth-order valence-electron chi connectivity index (χ4n) is 4.44. The molecule has 1 amide bonds. The van der Waals surface area contributed by atoms with Crippen LogP contribution in [-0.4, -0.2) is 26.5 Å². The average molecular weight is 457 g/mol. The zero-order valence-electron chi connectivity index (χ0n) is 18.8. The highest BCUT2D eigenvalue weighted by atomic mass is 32.2. The van der Waals surface area contributed by atoms with Crippen LogP contribution in [0.1, 0.15) is 52.7 Å². The number of imidazole rings is 1. The number of pyridine rings is 1. The Labute approximate surface area is 198 Å². The minimum atomic E-state index is 0.0279. The van der Waals surface area contributed by atoms with Crippen molar-refractivity contribution in [3.8, 4) is 0 Å². The van der Waals surface area contributed by atoms with Crippen LogP contribution in [0.4, 0.5) is 0 Å². The molecule has 5 nitrogen and oxygen atoms in total. The maximum absolute atomic E-state index is 12.6. The fourth-order valence-corrected chi connectivity index (χ4v) is 5.40. The van der Waals surface area contributed by atoms with Gasteiger partial charge in [-0.25, -0.2) is 4.98 Å². The monoisotopic (exact) mass is 456 g/mol. The number of thioether (sulfide) groups is 1. The number of aromatic nitrogens is 3. The molecule has 4 aromatic rings. The van der Waals surface area contributed by atoms with Gasteiger partial charge in [0.05, 0.1) is 23.8 Å². The van der Waals surface area contributed by atoms with E-state index in [9.17, 15) is 4.79 Å². The first-order valence-corrected chi connectivity index (χ1v) is 12.5. The molecule has 1 N–H and O–H groups in total. The van der Waals surface area contributed by atoms with Crippen molar-refractivity contribution < 1.29 is 4.79 Å². The van der Waals surface area contributed by atoms with Gasteiger partial charge in [0.15, 0.2) is 5.16 Å². The third kappa shape index (κ3) is 5.11. The van der Waals surface area contributed by atoms with Crippen LogP contribution in [0.2, 0.25) is 0 Å². The first kappa shape index (κ1) is 21.7. The summed E-state index contributed by atoms with van der Waals surface area (Å²) in [6, 6.07) is 18.8. The standard InChI is InChI=1S/C27H28N4OS/c1-19-5-4-6-21(15-19)18-33-27-30-24-13-14-28-16-25(24)31(27)17-20-9-11-22(12-10-20)26(32)29-23-7-2-3-8-23/h4-6,9-16,23H,2-3,7-8,17-18H2,1H3,(H,29,32). The van der Waals surface area contributed by atoms with E-state index in [4.69, 9.17) is 4.98 Å². The molecule has 1 aliphatic rings. The molecule has 2 heterocycles. The number of hydrogen-bond acceptors (Lipinski definition) is 4. The molecule has 168 valence electrons. The minimum Gasteiger partial charge on any atom is -0.349 e. The summed E-state index contributed by atoms with van der Waals surface area (Å²) in [4.78, 5) is 21.8. The number of amides is 1. The molecule has 33 heavy (non-hydrogen) atoms. The Kier molecular flexibility index (Phi) is 6.44. The summed E-state index contributed by atoms with van der Waals surface area (Å²) >= 11 is 1.74. The predicted molar refractivity (Wildman–Crippen MR) is 134 cm³/mol. The molecule has 0 aliphatic heterocycles. The first-order chi connectivity index (χ1) is 16.2. The van der Waals surface area contributed by atoms with Crippen LogP contribution >= 0.6 is 11.8 Å². The van der Waals surface area contributed by atoms with E-state index in [1.54, 1.807) is 18.0 Å². The van der Waals surface area contributed by atoms with E-state index < -0.39 is 0 Å². The van der Waals surface area contributed by atoms with E-state index in [0.717, 1.165) is 45.9 Å². The van der Waals surface area contributed by atoms with Gasteiger partial charge in [-0.3, -0.25) is 9.78 Å². The maximum Gasteiger partial charge on any atom is 0.251 e.